The number of halogens is 2. The van der Waals surface area contributed by atoms with E-state index in [1.165, 1.54) is 12.3 Å². The summed E-state index contributed by atoms with van der Waals surface area (Å²) >= 11 is 1.84. The maximum Gasteiger partial charge on any atom is 0.257 e. The van der Waals surface area contributed by atoms with Crippen LogP contribution in [0, 0.1) is 11.6 Å². The zero-order valence-electron chi connectivity index (χ0n) is 12.1. The number of benzene rings is 1. The van der Waals surface area contributed by atoms with E-state index in [9.17, 15) is 13.6 Å². The van der Waals surface area contributed by atoms with Crippen molar-refractivity contribution >= 4 is 23.4 Å². The Balaban J connectivity index is 1.63. The molecule has 1 N–H and O–H groups in total. The molecule has 120 valence electrons. The van der Waals surface area contributed by atoms with Gasteiger partial charge in [0.15, 0.2) is 11.6 Å². The molecule has 1 aromatic heterocycles. The molecule has 1 unspecified atom stereocenters. The van der Waals surface area contributed by atoms with Crippen LogP contribution >= 0.6 is 11.8 Å². The first-order valence-corrected chi connectivity index (χ1v) is 8.24. The van der Waals surface area contributed by atoms with Crippen molar-refractivity contribution in [3.05, 3.63) is 53.7 Å². The van der Waals surface area contributed by atoms with Crippen molar-refractivity contribution in [2.24, 2.45) is 0 Å². The molecule has 0 spiro atoms. The Kier molecular flexibility index (Phi) is 4.76. The molecule has 0 bridgehead atoms. The Labute approximate surface area is 136 Å². The molecule has 1 aliphatic heterocycles. The molecule has 0 aliphatic carbocycles. The van der Waals surface area contributed by atoms with E-state index >= 15 is 0 Å². The molecule has 1 aliphatic rings. The fourth-order valence-electron chi connectivity index (χ4n) is 2.14. The minimum Gasteiger partial charge on any atom is -0.473 e. The molecule has 1 amide bonds. The van der Waals surface area contributed by atoms with Crippen LogP contribution in [0.1, 0.15) is 16.8 Å². The molecule has 0 radical (unpaired) electrons. The smallest absolute Gasteiger partial charge is 0.257 e. The van der Waals surface area contributed by atoms with Crippen molar-refractivity contribution in [3.63, 3.8) is 0 Å². The third kappa shape index (κ3) is 3.98. The number of hydrogen-bond donors (Lipinski definition) is 1. The summed E-state index contributed by atoms with van der Waals surface area (Å²) in [4.78, 5) is 16.2. The number of aromatic nitrogens is 1. The van der Waals surface area contributed by atoms with Gasteiger partial charge in [0.25, 0.3) is 5.91 Å². The molecule has 2 heterocycles. The number of thioether (sulfide) groups is 1. The van der Waals surface area contributed by atoms with Crippen LogP contribution in [0.4, 0.5) is 14.5 Å². The third-order valence-electron chi connectivity index (χ3n) is 3.35. The van der Waals surface area contributed by atoms with Crippen LogP contribution in [-0.4, -0.2) is 28.5 Å². The molecular formula is C16H14F2N2O2S. The van der Waals surface area contributed by atoms with Gasteiger partial charge in [-0.05, 0) is 30.4 Å². The van der Waals surface area contributed by atoms with Crippen LogP contribution in [0.2, 0.25) is 0 Å². The first kappa shape index (κ1) is 15.7. The summed E-state index contributed by atoms with van der Waals surface area (Å²) in [7, 11) is 0. The van der Waals surface area contributed by atoms with Crippen molar-refractivity contribution in [2.45, 2.75) is 12.5 Å². The number of rotatable bonds is 4. The minimum atomic E-state index is -1.01. The number of ether oxygens (including phenoxy) is 1. The van der Waals surface area contributed by atoms with E-state index in [4.69, 9.17) is 4.74 Å². The molecule has 0 saturated carbocycles. The Hall–Kier alpha value is -2.15. The fourth-order valence-corrected chi connectivity index (χ4v) is 3.23. The highest BCUT2D eigenvalue weighted by Crippen LogP contribution is 2.22. The van der Waals surface area contributed by atoms with E-state index < -0.39 is 17.5 Å². The maximum atomic E-state index is 13.1. The van der Waals surface area contributed by atoms with Crippen molar-refractivity contribution < 1.29 is 18.3 Å². The molecule has 7 heteroatoms. The monoisotopic (exact) mass is 336 g/mol. The van der Waals surface area contributed by atoms with Gasteiger partial charge in [-0.1, -0.05) is 0 Å². The lowest BCUT2D eigenvalue weighted by atomic mass is 10.2. The summed E-state index contributed by atoms with van der Waals surface area (Å²) in [5.41, 5.74) is 0.486. The van der Waals surface area contributed by atoms with Gasteiger partial charge in [-0.2, -0.15) is 11.8 Å². The first-order chi connectivity index (χ1) is 11.1. The van der Waals surface area contributed by atoms with Gasteiger partial charge in [0.05, 0.1) is 5.56 Å². The lowest BCUT2D eigenvalue weighted by molar-refractivity contribution is 0.102. The van der Waals surface area contributed by atoms with Crippen LogP contribution in [0.15, 0.2) is 36.5 Å². The molecular weight excluding hydrogens is 322 g/mol. The standard InChI is InChI=1S/C16H14F2N2O2S/c17-13-3-2-11(7-14(13)18)20-16(21)10-1-4-15(19-8-10)22-12-5-6-23-9-12/h1-4,7-8,12H,5-6,9H2,(H,20,21). The predicted octanol–water partition coefficient (Wildman–Crippen LogP) is 3.50. The number of anilines is 1. The molecule has 4 nitrogen and oxygen atoms in total. The van der Waals surface area contributed by atoms with Gasteiger partial charge in [0, 0.05) is 29.8 Å². The van der Waals surface area contributed by atoms with Gasteiger partial charge in [0.2, 0.25) is 5.88 Å². The molecule has 1 saturated heterocycles. The highest BCUT2D eigenvalue weighted by atomic mass is 32.2. The van der Waals surface area contributed by atoms with E-state index in [0.29, 0.717) is 11.4 Å². The molecule has 1 aromatic carbocycles. The fraction of sp³-hybridized carbons (Fsp3) is 0.250. The van der Waals surface area contributed by atoms with Crippen molar-refractivity contribution in [2.75, 3.05) is 16.8 Å². The Morgan fingerprint density at radius 2 is 2.13 bits per heavy atom. The van der Waals surface area contributed by atoms with Crippen LogP contribution in [0.3, 0.4) is 0 Å². The number of pyridine rings is 1. The average molecular weight is 336 g/mol. The van der Waals surface area contributed by atoms with Gasteiger partial charge in [-0.3, -0.25) is 4.79 Å². The Bertz CT molecular complexity index is 704. The summed E-state index contributed by atoms with van der Waals surface area (Å²) in [6.07, 6.45) is 2.55. The summed E-state index contributed by atoms with van der Waals surface area (Å²) in [5.74, 6) is 0.0723. The molecule has 2 aromatic rings. The third-order valence-corrected chi connectivity index (χ3v) is 4.48. The number of nitrogens with one attached hydrogen (secondary N) is 1. The van der Waals surface area contributed by atoms with Crippen molar-refractivity contribution in [1.82, 2.24) is 4.98 Å². The van der Waals surface area contributed by atoms with Crippen molar-refractivity contribution in [1.29, 1.82) is 0 Å². The summed E-state index contributed by atoms with van der Waals surface area (Å²) in [6.45, 7) is 0. The molecule has 1 atom stereocenters. The predicted molar refractivity (Wildman–Crippen MR) is 84.9 cm³/mol. The van der Waals surface area contributed by atoms with E-state index in [-0.39, 0.29) is 11.8 Å². The van der Waals surface area contributed by atoms with Crippen LogP contribution < -0.4 is 10.1 Å². The summed E-state index contributed by atoms with van der Waals surface area (Å²) in [5, 5.41) is 2.49. The lowest BCUT2D eigenvalue weighted by Crippen LogP contribution is -2.16. The number of amides is 1. The van der Waals surface area contributed by atoms with Crippen LogP contribution in [0.5, 0.6) is 5.88 Å². The largest absolute Gasteiger partial charge is 0.473 e. The highest BCUT2D eigenvalue weighted by molar-refractivity contribution is 7.99. The van der Waals surface area contributed by atoms with E-state index in [1.807, 2.05) is 11.8 Å². The second kappa shape index (κ2) is 6.95. The zero-order valence-corrected chi connectivity index (χ0v) is 12.9. The van der Waals surface area contributed by atoms with E-state index in [2.05, 4.69) is 10.3 Å². The second-order valence-corrected chi connectivity index (χ2v) is 6.22. The number of hydrogen-bond acceptors (Lipinski definition) is 4. The molecule has 1 fully saturated rings. The Morgan fingerprint density at radius 1 is 1.26 bits per heavy atom. The lowest BCUT2D eigenvalue weighted by Gasteiger charge is -2.11. The second-order valence-electron chi connectivity index (χ2n) is 5.07. The summed E-state index contributed by atoms with van der Waals surface area (Å²) < 4.78 is 31.7. The van der Waals surface area contributed by atoms with E-state index in [0.717, 1.165) is 30.1 Å². The SMILES string of the molecule is O=C(Nc1ccc(F)c(F)c1)c1ccc(OC2CCSC2)nc1. The first-order valence-electron chi connectivity index (χ1n) is 7.08. The zero-order chi connectivity index (χ0) is 16.2. The van der Waals surface area contributed by atoms with Crippen LogP contribution in [-0.2, 0) is 0 Å². The number of nitrogens with zero attached hydrogens (tertiary/aromatic N) is 1. The Morgan fingerprint density at radius 3 is 2.78 bits per heavy atom. The maximum absolute atomic E-state index is 13.1. The van der Waals surface area contributed by atoms with E-state index in [1.54, 1.807) is 12.1 Å². The van der Waals surface area contributed by atoms with Gasteiger partial charge in [0.1, 0.15) is 6.10 Å². The van der Waals surface area contributed by atoms with Gasteiger partial charge in [-0.15, -0.1) is 0 Å². The highest BCUT2D eigenvalue weighted by Gasteiger charge is 2.17. The van der Waals surface area contributed by atoms with Crippen molar-refractivity contribution in [3.8, 4) is 5.88 Å². The topological polar surface area (TPSA) is 51.2 Å². The quantitative estimate of drug-likeness (QED) is 0.928. The van der Waals surface area contributed by atoms with Gasteiger partial charge in [-0.25, -0.2) is 13.8 Å². The minimum absolute atomic E-state index is 0.161. The average Bonchev–Trinajstić information content (AvgIpc) is 3.04. The molecule has 3 rings (SSSR count). The number of carbonyl (C=O) groups excluding carboxylic acids is 1. The summed E-state index contributed by atoms with van der Waals surface area (Å²) in [6, 6.07) is 6.39. The molecule has 23 heavy (non-hydrogen) atoms. The van der Waals surface area contributed by atoms with Crippen LogP contribution in [0.25, 0.3) is 0 Å². The number of carbonyl (C=O) groups is 1. The van der Waals surface area contributed by atoms with Gasteiger partial charge >= 0.3 is 0 Å². The normalized spacial score (nSPS) is 17.0. The van der Waals surface area contributed by atoms with Gasteiger partial charge < -0.3 is 10.1 Å².